The molecule has 1 aliphatic carbocycles. The van der Waals surface area contributed by atoms with E-state index in [-0.39, 0.29) is 5.78 Å². The van der Waals surface area contributed by atoms with E-state index < -0.39 is 0 Å². The standard InChI is InChI=1S/C10H14N2O/c1-2-12-7-9(6-11-12)10(13)5-8-3-4-8/h6-8H,2-5H2,1H3. The molecule has 0 aliphatic heterocycles. The Morgan fingerprint density at radius 1 is 1.69 bits per heavy atom. The highest BCUT2D eigenvalue weighted by molar-refractivity contribution is 5.95. The lowest BCUT2D eigenvalue weighted by atomic mass is 10.1. The zero-order chi connectivity index (χ0) is 9.26. The molecule has 1 fully saturated rings. The lowest BCUT2D eigenvalue weighted by molar-refractivity contribution is 0.0976. The van der Waals surface area contributed by atoms with Crippen molar-refractivity contribution in [1.29, 1.82) is 0 Å². The predicted octanol–water partition coefficient (Wildman–Crippen LogP) is 1.89. The Kier molecular flexibility index (Phi) is 2.17. The van der Waals surface area contributed by atoms with Crippen LogP contribution in [0.2, 0.25) is 0 Å². The molecule has 0 atom stereocenters. The summed E-state index contributed by atoms with van der Waals surface area (Å²) >= 11 is 0. The van der Waals surface area contributed by atoms with Crippen LogP contribution in [-0.2, 0) is 6.54 Å². The Morgan fingerprint density at radius 3 is 3.00 bits per heavy atom. The van der Waals surface area contributed by atoms with E-state index in [1.807, 2.05) is 13.1 Å². The van der Waals surface area contributed by atoms with Gasteiger partial charge in [0.15, 0.2) is 5.78 Å². The van der Waals surface area contributed by atoms with Crippen LogP contribution in [0.3, 0.4) is 0 Å². The number of hydrogen-bond donors (Lipinski definition) is 0. The zero-order valence-corrected chi connectivity index (χ0v) is 7.86. The van der Waals surface area contributed by atoms with E-state index in [0.717, 1.165) is 18.5 Å². The minimum absolute atomic E-state index is 0.252. The van der Waals surface area contributed by atoms with Crippen LogP contribution in [0.1, 0.15) is 36.5 Å². The van der Waals surface area contributed by atoms with Gasteiger partial charge in [-0.2, -0.15) is 5.10 Å². The van der Waals surface area contributed by atoms with Crippen LogP contribution >= 0.6 is 0 Å². The van der Waals surface area contributed by atoms with Crippen molar-refractivity contribution in [1.82, 2.24) is 9.78 Å². The quantitative estimate of drug-likeness (QED) is 0.660. The first-order chi connectivity index (χ1) is 6.29. The molecular weight excluding hydrogens is 164 g/mol. The van der Waals surface area contributed by atoms with Crippen LogP contribution in [-0.4, -0.2) is 15.6 Å². The molecule has 1 saturated carbocycles. The third-order valence-electron chi connectivity index (χ3n) is 2.45. The van der Waals surface area contributed by atoms with E-state index in [1.54, 1.807) is 10.9 Å². The van der Waals surface area contributed by atoms with E-state index in [2.05, 4.69) is 5.10 Å². The van der Waals surface area contributed by atoms with Gasteiger partial charge >= 0.3 is 0 Å². The molecular formula is C10H14N2O. The predicted molar refractivity (Wildman–Crippen MR) is 49.6 cm³/mol. The number of rotatable bonds is 4. The molecule has 0 unspecified atom stereocenters. The van der Waals surface area contributed by atoms with Gasteiger partial charge in [-0.25, -0.2) is 0 Å². The average molecular weight is 178 g/mol. The van der Waals surface area contributed by atoms with Crippen LogP contribution in [0.25, 0.3) is 0 Å². The fourth-order valence-electron chi connectivity index (χ4n) is 1.38. The van der Waals surface area contributed by atoms with Gasteiger partial charge in [-0.3, -0.25) is 9.48 Å². The minimum Gasteiger partial charge on any atom is -0.294 e. The third kappa shape index (κ3) is 1.97. The Balaban J connectivity index is 2.01. The number of carbonyl (C=O) groups is 1. The number of aryl methyl sites for hydroxylation is 1. The second-order valence-electron chi connectivity index (χ2n) is 3.66. The monoisotopic (exact) mass is 178 g/mol. The first-order valence-corrected chi connectivity index (χ1v) is 4.85. The highest BCUT2D eigenvalue weighted by atomic mass is 16.1. The Morgan fingerprint density at radius 2 is 2.46 bits per heavy atom. The van der Waals surface area contributed by atoms with Crippen molar-refractivity contribution < 1.29 is 4.79 Å². The Labute approximate surface area is 77.7 Å². The van der Waals surface area contributed by atoms with Crippen molar-refractivity contribution in [2.24, 2.45) is 5.92 Å². The first kappa shape index (κ1) is 8.48. The summed E-state index contributed by atoms with van der Waals surface area (Å²) < 4.78 is 1.79. The summed E-state index contributed by atoms with van der Waals surface area (Å²) in [7, 11) is 0. The van der Waals surface area contributed by atoms with Gasteiger partial charge in [-0.1, -0.05) is 0 Å². The van der Waals surface area contributed by atoms with Crippen LogP contribution in [0, 0.1) is 5.92 Å². The molecule has 0 radical (unpaired) electrons. The SMILES string of the molecule is CCn1cc(C(=O)CC2CC2)cn1. The largest absolute Gasteiger partial charge is 0.294 e. The van der Waals surface area contributed by atoms with Gasteiger partial charge in [0.1, 0.15) is 0 Å². The Bertz CT molecular complexity index is 312. The first-order valence-electron chi connectivity index (χ1n) is 4.85. The van der Waals surface area contributed by atoms with E-state index in [4.69, 9.17) is 0 Å². The number of aromatic nitrogens is 2. The molecule has 1 aromatic heterocycles. The molecule has 0 amide bonds. The topological polar surface area (TPSA) is 34.9 Å². The van der Waals surface area contributed by atoms with E-state index in [1.165, 1.54) is 12.8 Å². The maximum absolute atomic E-state index is 11.6. The molecule has 0 spiro atoms. The molecule has 0 saturated heterocycles. The van der Waals surface area contributed by atoms with E-state index >= 15 is 0 Å². The fourth-order valence-corrected chi connectivity index (χ4v) is 1.38. The normalized spacial score (nSPS) is 16.1. The number of carbonyl (C=O) groups excluding carboxylic acids is 1. The van der Waals surface area contributed by atoms with Crippen LogP contribution in [0.15, 0.2) is 12.4 Å². The van der Waals surface area contributed by atoms with Gasteiger partial charge in [0.25, 0.3) is 0 Å². The summed E-state index contributed by atoms with van der Waals surface area (Å²) in [6.07, 6.45) is 6.69. The molecule has 0 N–H and O–H groups in total. The summed E-state index contributed by atoms with van der Waals surface area (Å²) in [6, 6.07) is 0. The molecule has 1 aliphatic rings. The summed E-state index contributed by atoms with van der Waals surface area (Å²) in [5.41, 5.74) is 0.772. The number of Topliss-reactive ketones (excluding diaryl/α,β-unsaturated/α-hetero) is 1. The van der Waals surface area contributed by atoms with Crippen molar-refractivity contribution in [2.45, 2.75) is 32.7 Å². The van der Waals surface area contributed by atoms with Crippen molar-refractivity contribution >= 4 is 5.78 Å². The van der Waals surface area contributed by atoms with Crippen molar-refractivity contribution in [2.75, 3.05) is 0 Å². The maximum Gasteiger partial charge on any atom is 0.166 e. The highest BCUT2D eigenvalue weighted by Crippen LogP contribution is 2.33. The molecule has 3 heteroatoms. The van der Waals surface area contributed by atoms with Gasteiger partial charge in [0.2, 0.25) is 0 Å². The Hall–Kier alpha value is -1.12. The number of nitrogens with zero attached hydrogens (tertiary/aromatic N) is 2. The minimum atomic E-state index is 0.252. The maximum atomic E-state index is 11.6. The number of ketones is 1. The summed E-state index contributed by atoms with van der Waals surface area (Å²) in [5.74, 6) is 0.916. The smallest absolute Gasteiger partial charge is 0.166 e. The lowest BCUT2D eigenvalue weighted by Gasteiger charge is -1.93. The van der Waals surface area contributed by atoms with Crippen molar-refractivity contribution in [3.63, 3.8) is 0 Å². The third-order valence-corrected chi connectivity index (χ3v) is 2.45. The van der Waals surface area contributed by atoms with Gasteiger partial charge in [0.05, 0.1) is 11.8 Å². The summed E-state index contributed by atoms with van der Waals surface area (Å²) in [4.78, 5) is 11.6. The molecule has 13 heavy (non-hydrogen) atoms. The molecule has 70 valence electrons. The van der Waals surface area contributed by atoms with Crippen molar-refractivity contribution in [3.8, 4) is 0 Å². The van der Waals surface area contributed by atoms with Gasteiger partial charge < -0.3 is 0 Å². The van der Waals surface area contributed by atoms with Gasteiger partial charge in [-0.15, -0.1) is 0 Å². The highest BCUT2D eigenvalue weighted by Gasteiger charge is 2.25. The molecule has 3 nitrogen and oxygen atoms in total. The second-order valence-corrected chi connectivity index (χ2v) is 3.66. The van der Waals surface area contributed by atoms with E-state index in [9.17, 15) is 4.79 Å². The molecule has 1 heterocycles. The van der Waals surface area contributed by atoms with Crippen molar-refractivity contribution in [3.05, 3.63) is 18.0 Å². The summed E-state index contributed by atoms with van der Waals surface area (Å²) in [5, 5.41) is 4.08. The number of hydrogen-bond acceptors (Lipinski definition) is 2. The van der Waals surface area contributed by atoms with Crippen LogP contribution in [0.4, 0.5) is 0 Å². The lowest BCUT2D eigenvalue weighted by Crippen LogP contribution is -1.98. The molecule has 0 bridgehead atoms. The fraction of sp³-hybridized carbons (Fsp3) is 0.600. The average Bonchev–Trinajstić information content (AvgIpc) is 2.82. The molecule has 0 aromatic carbocycles. The van der Waals surface area contributed by atoms with Crippen LogP contribution in [0.5, 0.6) is 0 Å². The van der Waals surface area contributed by atoms with Crippen LogP contribution < -0.4 is 0 Å². The van der Waals surface area contributed by atoms with Gasteiger partial charge in [0, 0.05) is 19.2 Å². The zero-order valence-electron chi connectivity index (χ0n) is 7.86. The second kappa shape index (κ2) is 3.32. The summed E-state index contributed by atoms with van der Waals surface area (Å²) in [6.45, 7) is 2.85. The van der Waals surface area contributed by atoms with E-state index in [0.29, 0.717) is 5.92 Å². The molecule has 2 rings (SSSR count). The molecule has 1 aromatic rings. The van der Waals surface area contributed by atoms with Gasteiger partial charge in [-0.05, 0) is 25.7 Å².